The van der Waals surface area contributed by atoms with Crippen LogP contribution in [0.5, 0.6) is 5.75 Å². The summed E-state index contributed by atoms with van der Waals surface area (Å²) in [6.07, 6.45) is 0. The molecule has 4 aromatic rings. The van der Waals surface area contributed by atoms with Gasteiger partial charge in [-0.25, -0.2) is 4.98 Å². The number of hydrogen-bond donors (Lipinski definition) is 2. The van der Waals surface area contributed by atoms with Gasteiger partial charge in [-0.1, -0.05) is 30.3 Å². The Hall–Kier alpha value is -3.38. The van der Waals surface area contributed by atoms with Crippen molar-refractivity contribution in [2.24, 2.45) is 0 Å². The first-order valence-corrected chi connectivity index (χ1v) is 10.1. The molecule has 2 aromatic heterocycles. The molecular weight excluding hydrogens is 382 g/mol. The molecule has 6 heteroatoms. The molecule has 0 spiro atoms. The van der Waals surface area contributed by atoms with Gasteiger partial charge in [0, 0.05) is 10.9 Å². The van der Waals surface area contributed by atoms with Gasteiger partial charge in [-0.05, 0) is 48.9 Å². The summed E-state index contributed by atoms with van der Waals surface area (Å²) >= 11 is 1.31. The summed E-state index contributed by atoms with van der Waals surface area (Å²) in [4.78, 5) is 18.8. The molecule has 0 aliphatic rings. The Balaban J connectivity index is 1.62. The largest absolute Gasteiger partial charge is 0.497 e. The van der Waals surface area contributed by atoms with Crippen LogP contribution in [-0.2, 0) is 0 Å². The van der Waals surface area contributed by atoms with Crippen LogP contribution in [0.3, 0.4) is 0 Å². The zero-order valence-electron chi connectivity index (χ0n) is 16.2. The number of pyridine rings is 1. The van der Waals surface area contributed by atoms with Crippen LogP contribution in [0.25, 0.3) is 21.5 Å². The van der Waals surface area contributed by atoms with Crippen LogP contribution < -0.4 is 15.8 Å². The molecule has 2 aromatic carbocycles. The third-order valence-electron chi connectivity index (χ3n) is 4.83. The normalized spacial score (nSPS) is 11.9. The first kappa shape index (κ1) is 19.0. The van der Waals surface area contributed by atoms with Gasteiger partial charge in [0.1, 0.15) is 15.5 Å². The molecule has 3 N–H and O–H groups in total. The number of nitrogens with zero attached hydrogens (tertiary/aromatic N) is 1. The second-order valence-corrected chi connectivity index (χ2v) is 7.73. The van der Waals surface area contributed by atoms with Crippen molar-refractivity contribution in [1.29, 1.82) is 0 Å². The number of aromatic nitrogens is 1. The lowest BCUT2D eigenvalue weighted by Crippen LogP contribution is -2.26. The van der Waals surface area contributed by atoms with Gasteiger partial charge in [-0.15, -0.1) is 11.3 Å². The van der Waals surface area contributed by atoms with Crippen LogP contribution in [0.2, 0.25) is 0 Å². The Labute approximate surface area is 173 Å². The van der Waals surface area contributed by atoms with E-state index in [1.54, 1.807) is 7.11 Å². The molecule has 0 radical (unpaired) electrons. The summed E-state index contributed by atoms with van der Waals surface area (Å²) in [5.74, 6) is 0.606. The minimum Gasteiger partial charge on any atom is -0.497 e. The van der Waals surface area contributed by atoms with E-state index in [0.717, 1.165) is 32.8 Å². The van der Waals surface area contributed by atoms with E-state index in [2.05, 4.69) is 5.32 Å². The highest BCUT2D eigenvalue weighted by atomic mass is 32.1. The van der Waals surface area contributed by atoms with E-state index in [4.69, 9.17) is 15.5 Å². The Morgan fingerprint density at radius 3 is 2.48 bits per heavy atom. The summed E-state index contributed by atoms with van der Waals surface area (Å²) in [5.41, 5.74) is 9.59. The highest BCUT2D eigenvalue weighted by molar-refractivity contribution is 7.21. The third-order valence-corrected chi connectivity index (χ3v) is 5.95. The minimum atomic E-state index is -0.187. The number of carbonyl (C=O) groups excluding carboxylic acids is 1. The predicted octanol–water partition coefficient (Wildman–Crippen LogP) is 5.05. The number of nitrogens with two attached hydrogens (primary N) is 1. The van der Waals surface area contributed by atoms with Crippen LogP contribution in [0.4, 0.5) is 5.69 Å². The Morgan fingerprint density at radius 1 is 1.07 bits per heavy atom. The van der Waals surface area contributed by atoms with Crippen molar-refractivity contribution in [2.75, 3.05) is 12.8 Å². The van der Waals surface area contributed by atoms with E-state index in [-0.39, 0.29) is 11.9 Å². The number of nitrogen functional groups attached to an aromatic ring is 1. The van der Waals surface area contributed by atoms with Gasteiger partial charge in [0.2, 0.25) is 0 Å². The first-order chi connectivity index (χ1) is 14.1. The standard InChI is InChI=1S/C23H21N3O2S/c1-14(15-6-4-3-5-7-15)25-22(27)21-20(24)18-12-13-19(26-23(18)29-21)16-8-10-17(28-2)11-9-16/h3-14H,24H2,1-2H3,(H,25,27)/t14-/m1/s1. The zero-order chi connectivity index (χ0) is 20.4. The fourth-order valence-corrected chi connectivity index (χ4v) is 4.17. The molecule has 5 nitrogen and oxygen atoms in total. The van der Waals surface area contributed by atoms with Gasteiger partial charge in [0.25, 0.3) is 5.91 Å². The summed E-state index contributed by atoms with van der Waals surface area (Å²) in [6, 6.07) is 21.3. The van der Waals surface area contributed by atoms with Crippen molar-refractivity contribution in [1.82, 2.24) is 10.3 Å². The second-order valence-electron chi connectivity index (χ2n) is 6.73. The first-order valence-electron chi connectivity index (χ1n) is 9.26. The molecule has 146 valence electrons. The maximum absolute atomic E-state index is 12.8. The number of carbonyl (C=O) groups is 1. The maximum Gasteiger partial charge on any atom is 0.264 e. The quantitative estimate of drug-likeness (QED) is 0.489. The van der Waals surface area contributed by atoms with Crippen molar-refractivity contribution >= 4 is 33.1 Å². The molecule has 1 amide bonds. The van der Waals surface area contributed by atoms with Crippen molar-refractivity contribution in [3.05, 3.63) is 77.2 Å². The second kappa shape index (κ2) is 7.93. The summed E-state index contributed by atoms with van der Waals surface area (Å²) in [5, 5.41) is 3.82. The molecule has 2 heterocycles. The number of methoxy groups -OCH3 is 1. The summed E-state index contributed by atoms with van der Waals surface area (Å²) < 4.78 is 5.20. The molecule has 4 rings (SSSR count). The van der Waals surface area contributed by atoms with E-state index in [9.17, 15) is 4.79 Å². The highest BCUT2D eigenvalue weighted by Crippen LogP contribution is 2.34. The highest BCUT2D eigenvalue weighted by Gasteiger charge is 2.19. The molecule has 0 fully saturated rings. The van der Waals surface area contributed by atoms with Crippen molar-refractivity contribution in [2.45, 2.75) is 13.0 Å². The monoisotopic (exact) mass is 403 g/mol. The maximum atomic E-state index is 12.8. The van der Waals surface area contributed by atoms with Gasteiger partial charge in [-0.2, -0.15) is 0 Å². The van der Waals surface area contributed by atoms with Crippen LogP contribution in [0.1, 0.15) is 28.2 Å². The fraction of sp³-hybridized carbons (Fsp3) is 0.130. The number of ether oxygens (including phenoxy) is 1. The Morgan fingerprint density at radius 2 is 1.79 bits per heavy atom. The van der Waals surface area contributed by atoms with Gasteiger partial charge in [-0.3, -0.25) is 4.79 Å². The molecule has 0 bridgehead atoms. The number of nitrogens with one attached hydrogen (secondary N) is 1. The van der Waals surface area contributed by atoms with E-state index >= 15 is 0 Å². The molecule has 1 atom stereocenters. The van der Waals surface area contributed by atoms with E-state index in [0.29, 0.717) is 10.6 Å². The van der Waals surface area contributed by atoms with E-state index in [1.165, 1.54) is 11.3 Å². The smallest absolute Gasteiger partial charge is 0.264 e. The predicted molar refractivity (Wildman–Crippen MR) is 118 cm³/mol. The average Bonchev–Trinajstić information content (AvgIpc) is 3.10. The van der Waals surface area contributed by atoms with Crippen LogP contribution in [0, 0.1) is 0 Å². The molecule has 29 heavy (non-hydrogen) atoms. The molecular formula is C23H21N3O2S. The number of benzene rings is 2. The fourth-order valence-electron chi connectivity index (χ4n) is 3.18. The Bertz CT molecular complexity index is 1150. The lowest BCUT2D eigenvalue weighted by Gasteiger charge is -2.13. The molecule has 0 saturated carbocycles. The van der Waals surface area contributed by atoms with Crippen molar-refractivity contribution in [3.8, 4) is 17.0 Å². The molecule has 0 saturated heterocycles. The molecule has 0 aliphatic heterocycles. The number of anilines is 1. The van der Waals surface area contributed by atoms with Crippen LogP contribution in [0.15, 0.2) is 66.7 Å². The van der Waals surface area contributed by atoms with Gasteiger partial charge in [0.05, 0.1) is 24.5 Å². The average molecular weight is 404 g/mol. The lowest BCUT2D eigenvalue weighted by atomic mass is 10.1. The van der Waals surface area contributed by atoms with Crippen molar-refractivity contribution in [3.63, 3.8) is 0 Å². The molecule has 0 aliphatic carbocycles. The SMILES string of the molecule is COc1ccc(-c2ccc3c(N)c(C(=O)N[C@H](C)c4ccccc4)sc3n2)cc1. The van der Waals surface area contributed by atoms with Crippen molar-refractivity contribution < 1.29 is 9.53 Å². The Kier molecular flexibility index (Phi) is 5.18. The molecule has 0 unspecified atom stereocenters. The number of amides is 1. The van der Waals surface area contributed by atoms with Gasteiger partial charge in [0.15, 0.2) is 0 Å². The number of fused-ring (bicyclic) bond motifs is 1. The topological polar surface area (TPSA) is 77.2 Å². The lowest BCUT2D eigenvalue weighted by molar-refractivity contribution is 0.0945. The zero-order valence-corrected chi connectivity index (χ0v) is 17.0. The van der Waals surface area contributed by atoms with E-state index < -0.39 is 0 Å². The number of rotatable bonds is 5. The third kappa shape index (κ3) is 3.79. The summed E-state index contributed by atoms with van der Waals surface area (Å²) in [7, 11) is 1.64. The summed E-state index contributed by atoms with van der Waals surface area (Å²) in [6.45, 7) is 1.96. The van der Waals surface area contributed by atoms with Gasteiger partial charge >= 0.3 is 0 Å². The van der Waals surface area contributed by atoms with E-state index in [1.807, 2.05) is 73.7 Å². The number of thiophene rings is 1. The van der Waals surface area contributed by atoms with Gasteiger partial charge < -0.3 is 15.8 Å². The minimum absolute atomic E-state index is 0.115. The van der Waals surface area contributed by atoms with Crippen LogP contribution >= 0.6 is 11.3 Å². The van der Waals surface area contributed by atoms with Crippen LogP contribution in [-0.4, -0.2) is 18.0 Å². The number of hydrogen-bond acceptors (Lipinski definition) is 5.